The van der Waals surface area contributed by atoms with Gasteiger partial charge in [-0.15, -0.1) is 0 Å². The molecule has 1 heterocycles. The van der Waals surface area contributed by atoms with Crippen LogP contribution in [0.3, 0.4) is 0 Å². The minimum absolute atomic E-state index is 0.136. The molecule has 2 aromatic rings. The first-order valence-corrected chi connectivity index (χ1v) is 7.37. The number of hydrogen-bond donors (Lipinski definition) is 2. The molecule has 0 unspecified atom stereocenters. The van der Waals surface area contributed by atoms with Crippen LogP contribution in [0.15, 0.2) is 36.7 Å². The number of aromatic nitrogens is 2. The molecule has 1 amide bonds. The molecule has 6 heteroatoms. The number of nitrogens with zero attached hydrogens (tertiary/aromatic N) is 2. The number of hydrogen-bond acceptors (Lipinski definition) is 3. The maximum Gasteiger partial charge on any atom is 0.253 e. The van der Waals surface area contributed by atoms with Gasteiger partial charge in [0.25, 0.3) is 5.91 Å². The van der Waals surface area contributed by atoms with E-state index in [1.54, 1.807) is 23.0 Å². The van der Waals surface area contributed by atoms with Gasteiger partial charge in [0, 0.05) is 36.2 Å². The Morgan fingerprint density at radius 3 is 2.95 bits per heavy atom. The van der Waals surface area contributed by atoms with Crippen molar-refractivity contribution in [3.05, 3.63) is 47.2 Å². The lowest BCUT2D eigenvalue weighted by Gasteiger charge is -2.12. The number of carbonyl (C=O) groups excluding carboxylic acids is 1. The zero-order chi connectivity index (χ0) is 15.1. The van der Waals surface area contributed by atoms with E-state index in [-0.39, 0.29) is 5.91 Å². The molecule has 112 valence electrons. The fourth-order valence-corrected chi connectivity index (χ4v) is 2.10. The van der Waals surface area contributed by atoms with E-state index >= 15 is 0 Å². The predicted molar refractivity (Wildman–Crippen MR) is 84.8 cm³/mol. The molecule has 0 fully saturated rings. The van der Waals surface area contributed by atoms with Crippen LogP contribution in [0.1, 0.15) is 23.7 Å². The molecule has 1 aromatic heterocycles. The molecule has 0 saturated carbocycles. The Morgan fingerprint density at radius 2 is 2.24 bits per heavy atom. The molecule has 21 heavy (non-hydrogen) atoms. The fourth-order valence-electron chi connectivity index (χ4n) is 1.93. The third kappa shape index (κ3) is 4.49. The molecule has 2 rings (SSSR count). The number of amides is 1. The summed E-state index contributed by atoms with van der Waals surface area (Å²) < 4.78 is 1.77. The van der Waals surface area contributed by atoms with Crippen molar-refractivity contribution in [2.24, 2.45) is 0 Å². The Balaban J connectivity index is 1.98. The van der Waals surface area contributed by atoms with Crippen LogP contribution in [0.25, 0.3) is 0 Å². The minimum atomic E-state index is -0.136. The number of carbonyl (C=O) groups is 1. The minimum Gasteiger partial charge on any atom is -0.384 e. The second-order valence-electron chi connectivity index (χ2n) is 4.64. The van der Waals surface area contributed by atoms with Crippen LogP contribution in [-0.4, -0.2) is 28.8 Å². The number of rotatable bonds is 7. The molecular weight excluding hydrogens is 288 g/mol. The normalized spacial score (nSPS) is 10.4. The Morgan fingerprint density at radius 1 is 1.38 bits per heavy atom. The first kappa shape index (κ1) is 15.4. The average molecular weight is 307 g/mol. The summed E-state index contributed by atoms with van der Waals surface area (Å²) in [6.07, 6.45) is 4.56. The topological polar surface area (TPSA) is 59.0 Å². The summed E-state index contributed by atoms with van der Waals surface area (Å²) in [6.45, 7) is 4.04. The van der Waals surface area contributed by atoms with Crippen molar-refractivity contribution in [2.45, 2.75) is 19.9 Å². The van der Waals surface area contributed by atoms with Crippen LogP contribution in [0, 0.1) is 0 Å². The first-order valence-electron chi connectivity index (χ1n) is 6.99. The van der Waals surface area contributed by atoms with Crippen LogP contribution in [0.2, 0.25) is 5.02 Å². The highest BCUT2D eigenvalue weighted by Crippen LogP contribution is 2.20. The molecule has 0 aliphatic rings. The standard InChI is InChI=1S/C15H19ClN4O/c1-2-6-17-14-5-4-12(16)11-13(14)15(21)18-8-10-20-9-3-7-19-20/h3-5,7,9,11,17H,2,6,8,10H2,1H3,(H,18,21). The van der Waals surface area contributed by atoms with Crippen LogP contribution in [0.4, 0.5) is 5.69 Å². The van der Waals surface area contributed by atoms with Crippen molar-refractivity contribution in [2.75, 3.05) is 18.4 Å². The van der Waals surface area contributed by atoms with E-state index in [2.05, 4.69) is 22.7 Å². The summed E-state index contributed by atoms with van der Waals surface area (Å²) in [6, 6.07) is 7.15. The third-order valence-corrected chi connectivity index (χ3v) is 3.21. The van der Waals surface area contributed by atoms with Gasteiger partial charge in [0.15, 0.2) is 0 Å². The van der Waals surface area contributed by atoms with Crippen LogP contribution < -0.4 is 10.6 Å². The summed E-state index contributed by atoms with van der Waals surface area (Å²) in [7, 11) is 0. The monoisotopic (exact) mass is 306 g/mol. The van der Waals surface area contributed by atoms with Crippen molar-refractivity contribution >= 4 is 23.2 Å². The van der Waals surface area contributed by atoms with Gasteiger partial charge in [-0.2, -0.15) is 5.10 Å². The van der Waals surface area contributed by atoms with Gasteiger partial charge in [0.1, 0.15) is 0 Å². The average Bonchev–Trinajstić information content (AvgIpc) is 2.99. The van der Waals surface area contributed by atoms with E-state index in [9.17, 15) is 4.79 Å². The molecule has 0 saturated heterocycles. The Kier molecular flexibility index (Phi) is 5.63. The molecule has 0 spiro atoms. The fraction of sp³-hybridized carbons (Fsp3) is 0.333. The van der Waals surface area contributed by atoms with Crippen molar-refractivity contribution < 1.29 is 4.79 Å². The SMILES string of the molecule is CCCNc1ccc(Cl)cc1C(=O)NCCn1cccn1. The van der Waals surface area contributed by atoms with Crippen LogP contribution in [0.5, 0.6) is 0 Å². The van der Waals surface area contributed by atoms with Gasteiger partial charge in [0.2, 0.25) is 0 Å². The maximum absolute atomic E-state index is 12.3. The van der Waals surface area contributed by atoms with Gasteiger partial charge < -0.3 is 10.6 Å². The largest absolute Gasteiger partial charge is 0.384 e. The molecule has 2 N–H and O–H groups in total. The van der Waals surface area contributed by atoms with Crippen molar-refractivity contribution in [1.29, 1.82) is 0 Å². The quantitative estimate of drug-likeness (QED) is 0.827. The summed E-state index contributed by atoms with van der Waals surface area (Å²) in [5.74, 6) is -0.136. The van der Waals surface area contributed by atoms with Crippen molar-refractivity contribution in [1.82, 2.24) is 15.1 Å². The van der Waals surface area contributed by atoms with Crippen LogP contribution >= 0.6 is 11.6 Å². The molecule has 0 atom stereocenters. The maximum atomic E-state index is 12.3. The molecule has 5 nitrogen and oxygen atoms in total. The summed E-state index contributed by atoms with van der Waals surface area (Å²) >= 11 is 5.99. The lowest BCUT2D eigenvalue weighted by atomic mass is 10.1. The Bertz CT molecular complexity index is 583. The summed E-state index contributed by atoms with van der Waals surface area (Å²) in [5.41, 5.74) is 1.37. The van der Waals surface area contributed by atoms with Gasteiger partial charge in [-0.25, -0.2) is 0 Å². The van der Waals surface area contributed by atoms with E-state index in [0.717, 1.165) is 18.7 Å². The van der Waals surface area contributed by atoms with Crippen LogP contribution in [-0.2, 0) is 6.54 Å². The molecule has 0 bridgehead atoms. The van der Waals surface area contributed by atoms with Gasteiger partial charge in [-0.1, -0.05) is 18.5 Å². The highest BCUT2D eigenvalue weighted by atomic mass is 35.5. The first-order chi connectivity index (χ1) is 10.2. The lowest BCUT2D eigenvalue weighted by molar-refractivity contribution is 0.0952. The Hall–Kier alpha value is -2.01. The van der Waals surface area contributed by atoms with E-state index in [0.29, 0.717) is 23.7 Å². The van der Waals surface area contributed by atoms with E-state index in [1.165, 1.54) is 0 Å². The Labute approximate surface area is 129 Å². The zero-order valence-electron chi connectivity index (χ0n) is 12.0. The van der Waals surface area contributed by atoms with Crippen molar-refractivity contribution in [3.63, 3.8) is 0 Å². The summed E-state index contributed by atoms with van der Waals surface area (Å²) in [5, 5.41) is 10.8. The third-order valence-electron chi connectivity index (χ3n) is 2.98. The number of halogens is 1. The molecule has 0 radical (unpaired) electrons. The number of benzene rings is 1. The number of nitrogens with one attached hydrogen (secondary N) is 2. The second kappa shape index (κ2) is 7.69. The zero-order valence-corrected chi connectivity index (χ0v) is 12.7. The van der Waals surface area contributed by atoms with E-state index in [4.69, 9.17) is 11.6 Å². The lowest BCUT2D eigenvalue weighted by Crippen LogP contribution is -2.28. The van der Waals surface area contributed by atoms with Crippen molar-refractivity contribution in [3.8, 4) is 0 Å². The molecule has 1 aromatic carbocycles. The smallest absolute Gasteiger partial charge is 0.253 e. The highest BCUT2D eigenvalue weighted by molar-refractivity contribution is 6.31. The van der Waals surface area contributed by atoms with E-state index < -0.39 is 0 Å². The van der Waals surface area contributed by atoms with Gasteiger partial charge in [-0.3, -0.25) is 9.48 Å². The summed E-state index contributed by atoms with van der Waals surface area (Å²) in [4.78, 5) is 12.3. The van der Waals surface area contributed by atoms with Gasteiger partial charge >= 0.3 is 0 Å². The highest BCUT2D eigenvalue weighted by Gasteiger charge is 2.11. The predicted octanol–water partition coefficient (Wildman–Crippen LogP) is 2.79. The molecular formula is C15H19ClN4O. The van der Waals surface area contributed by atoms with Gasteiger partial charge in [-0.05, 0) is 30.7 Å². The molecule has 0 aliphatic carbocycles. The molecule has 0 aliphatic heterocycles. The number of anilines is 1. The van der Waals surface area contributed by atoms with E-state index in [1.807, 2.05) is 18.3 Å². The van der Waals surface area contributed by atoms with Gasteiger partial charge in [0.05, 0.1) is 12.1 Å². The second-order valence-corrected chi connectivity index (χ2v) is 5.08.